The molecule has 4 aromatic rings. The number of halogens is 3. The first kappa shape index (κ1) is 33.2. The number of ketones is 1. The number of aliphatic hydroxyl groups is 1. The molecule has 0 aliphatic carbocycles. The van der Waals surface area contributed by atoms with Gasteiger partial charge in [-0.3, -0.25) is 4.79 Å². The van der Waals surface area contributed by atoms with Crippen LogP contribution < -0.4 is 0 Å². The van der Waals surface area contributed by atoms with Crippen LogP contribution >= 0.6 is 0 Å². The molecule has 4 rings (SSSR count). The summed E-state index contributed by atoms with van der Waals surface area (Å²) < 4.78 is 39.4. The van der Waals surface area contributed by atoms with Crippen LogP contribution in [0.25, 0.3) is 32.8 Å². The molecule has 1 N–H and O–H groups in total. The summed E-state index contributed by atoms with van der Waals surface area (Å²) in [5.41, 5.74) is 2.26. The second-order valence-corrected chi connectivity index (χ2v) is 11.9. The number of alkyl halides is 3. The van der Waals surface area contributed by atoms with Crippen LogP contribution in [0.15, 0.2) is 66.6 Å². The Kier molecular flexibility index (Phi) is 10.2. The molecule has 0 atom stereocenters. The normalized spacial score (nSPS) is 12.5. The quantitative estimate of drug-likeness (QED) is 0.0970. The molecule has 0 aliphatic heterocycles. The van der Waals surface area contributed by atoms with Gasteiger partial charge in [0.2, 0.25) is 0 Å². The number of carbonyl (C=O) groups excluding carboxylic acids is 1. The second-order valence-electron chi connectivity index (χ2n) is 11.9. The first-order valence-electron chi connectivity index (χ1n) is 12.7. The molecule has 3 aromatic carbocycles. The molecule has 3 nitrogen and oxygen atoms in total. The third kappa shape index (κ3) is 8.02. The number of aliphatic hydroxyl groups excluding tert-OH is 1. The van der Waals surface area contributed by atoms with Crippen molar-refractivity contribution >= 4 is 27.3 Å². The van der Waals surface area contributed by atoms with Gasteiger partial charge in [0, 0.05) is 43.2 Å². The Morgan fingerprint density at radius 3 is 2.02 bits per heavy atom. The van der Waals surface area contributed by atoms with Crippen molar-refractivity contribution in [3.8, 4) is 11.3 Å². The van der Waals surface area contributed by atoms with E-state index in [1.165, 1.54) is 18.2 Å². The minimum atomic E-state index is -4.37. The second kappa shape index (κ2) is 12.2. The molecule has 215 valence electrons. The van der Waals surface area contributed by atoms with Crippen LogP contribution in [0.3, 0.4) is 0 Å². The van der Waals surface area contributed by atoms with Crippen LogP contribution in [-0.2, 0) is 31.1 Å². The van der Waals surface area contributed by atoms with Gasteiger partial charge in [0.1, 0.15) is 5.76 Å². The molecule has 0 aliphatic rings. The molecule has 0 saturated heterocycles. The Bertz CT molecular complexity index is 1540. The third-order valence-electron chi connectivity index (χ3n) is 6.27. The number of aromatic nitrogens is 1. The smallest absolute Gasteiger partial charge is 0.416 e. The Morgan fingerprint density at radius 1 is 0.850 bits per heavy atom. The summed E-state index contributed by atoms with van der Waals surface area (Å²) in [6.07, 6.45) is -1.39. The van der Waals surface area contributed by atoms with Gasteiger partial charge in [0.15, 0.2) is 5.78 Å². The van der Waals surface area contributed by atoms with E-state index < -0.39 is 17.2 Å². The first-order chi connectivity index (χ1) is 17.9. The van der Waals surface area contributed by atoms with Crippen molar-refractivity contribution in [3.05, 3.63) is 89.3 Å². The van der Waals surface area contributed by atoms with E-state index in [1.807, 2.05) is 79.7 Å². The minimum absolute atomic E-state index is 0. The fourth-order valence-corrected chi connectivity index (χ4v) is 3.96. The van der Waals surface area contributed by atoms with Crippen LogP contribution in [0.1, 0.15) is 58.2 Å². The van der Waals surface area contributed by atoms with Gasteiger partial charge >= 0.3 is 6.18 Å². The molecule has 1 heterocycles. The maximum atomic E-state index is 13.1. The van der Waals surface area contributed by atoms with Gasteiger partial charge in [-0.15, -0.1) is 34.9 Å². The summed E-state index contributed by atoms with van der Waals surface area (Å²) in [7, 11) is 0. The zero-order valence-electron chi connectivity index (χ0n) is 24.0. The number of benzene rings is 3. The minimum Gasteiger partial charge on any atom is -0.512 e. The van der Waals surface area contributed by atoms with Crippen LogP contribution in [0.5, 0.6) is 0 Å². The van der Waals surface area contributed by atoms with Crippen molar-refractivity contribution in [2.24, 2.45) is 10.8 Å². The van der Waals surface area contributed by atoms with Crippen molar-refractivity contribution in [2.75, 3.05) is 0 Å². The molecule has 0 fully saturated rings. The molecule has 0 saturated carbocycles. The summed E-state index contributed by atoms with van der Waals surface area (Å²) in [4.78, 5) is 16.0. The molecule has 0 bridgehead atoms. The zero-order chi connectivity index (χ0) is 29.3. The zero-order valence-corrected chi connectivity index (χ0v) is 26.4. The standard InChI is InChI=1S/C22H15F3N.C11H20O2.Ir/c1-13-9-14(2)11-16(10-13)21-19-6-4-15-3-5-17(22(23,24)25)12-20(15)18(19)7-8-26-21;1-10(2,3)8(12)7-9(13)11(4,5)6;/h3-10,12H,1-2H3;7,12H,1-6H3;/q-1;;/b;8-7-;. The average Bonchev–Trinajstić information content (AvgIpc) is 2.81. The number of pyridine rings is 1. The predicted octanol–water partition coefficient (Wildman–Crippen LogP) is 9.58. The van der Waals surface area contributed by atoms with Crippen molar-refractivity contribution in [1.29, 1.82) is 0 Å². The number of fused-ring (bicyclic) bond motifs is 3. The van der Waals surface area contributed by atoms with Gasteiger partial charge in [-0.25, -0.2) is 0 Å². The molecule has 40 heavy (non-hydrogen) atoms. The van der Waals surface area contributed by atoms with Crippen LogP contribution in [0.2, 0.25) is 0 Å². The number of nitrogens with zero attached hydrogens (tertiary/aromatic N) is 1. The first-order valence-corrected chi connectivity index (χ1v) is 12.7. The SMILES string of the molecule is CC(C)(C)C(=O)/C=C(\O)C(C)(C)C.Cc1[c-]c(-c2nccc3c2ccc2ccc(C(F)(F)F)cc23)cc(C)c1.[Ir]. The third-order valence-corrected chi connectivity index (χ3v) is 6.27. The van der Waals surface area contributed by atoms with E-state index in [2.05, 4.69) is 11.1 Å². The molecule has 1 aromatic heterocycles. The largest absolute Gasteiger partial charge is 0.512 e. The fraction of sp³-hybridized carbons (Fsp3) is 0.333. The van der Waals surface area contributed by atoms with E-state index in [4.69, 9.17) is 0 Å². The number of rotatable bonds is 2. The van der Waals surface area contributed by atoms with Gasteiger partial charge in [0.25, 0.3) is 0 Å². The van der Waals surface area contributed by atoms with E-state index >= 15 is 0 Å². The number of hydrogen-bond acceptors (Lipinski definition) is 3. The van der Waals surface area contributed by atoms with Crippen LogP contribution in [-0.4, -0.2) is 15.9 Å². The van der Waals surface area contributed by atoms with Crippen molar-refractivity contribution in [2.45, 2.75) is 61.6 Å². The van der Waals surface area contributed by atoms with Gasteiger partial charge in [0.05, 0.1) is 5.56 Å². The Balaban J connectivity index is 0.000000344. The van der Waals surface area contributed by atoms with Gasteiger partial charge in [-0.2, -0.15) is 13.2 Å². The predicted molar refractivity (Wildman–Crippen MR) is 153 cm³/mol. The summed E-state index contributed by atoms with van der Waals surface area (Å²) in [5, 5.41) is 12.5. The molecule has 0 spiro atoms. The van der Waals surface area contributed by atoms with E-state index in [9.17, 15) is 23.1 Å². The summed E-state index contributed by atoms with van der Waals surface area (Å²) in [6, 6.07) is 16.7. The molecular formula is C33H35F3IrNO2-. The van der Waals surface area contributed by atoms with E-state index in [0.29, 0.717) is 5.39 Å². The number of carbonyl (C=O) groups is 1. The van der Waals surface area contributed by atoms with E-state index in [0.717, 1.165) is 44.6 Å². The Labute approximate surface area is 247 Å². The Morgan fingerprint density at radius 2 is 1.48 bits per heavy atom. The summed E-state index contributed by atoms with van der Waals surface area (Å²) >= 11 is 0. The molecule has 0 amide bonds. The summed E-state index contributed by atoms with van der Waals surface area (Å²) in [6.45, 7) is 15.1. The van der Waals surface area contributed by atoms with Crippen LogP contribution in [0.4, 0.5) is 13.2 Å². The molecular weight excluding hydrogens is 692 g/mol. The number of aryl methyl sites for hydroxylation is 2. The maximum absolute atomic E-state index is 13.1. The van der Waals surface area contributed by atoms with Crippen LogP contribution in [0, 0.1) is 30.7 Å². The number of allylic oxidation sites excluding steroid dienone is 2. The number of hydrogen-bond donors (Lipinski definition) is 1. The van der Waals surface area contributed by atoms with Gasteiger partial charge in [-0.1, -0.05) is 73.6 Å². The van der Waals surface area contributed by atoms with E-state index in [-0.39, 0.29) is 37.1 Å². The van der Waals surface area contributed by atoms with Crippen molar-refractivity contribution < 1.29 is 43.2 Å². The maximum Gasteiger partial charge on any atom is 0.416 e. The molecule has 0 unspecified atom stereocenters. The van der Waals surface area contributed by atoms with Crippen molar-refractivity contribution in [1.82, 2.24) is 4.98 Å². The average molecular weight is 727 g/mol. The monoisotopic (exact) mass is 727 g/mol. The van der Waals surface area contributed by atoms with E-state index in [1.54, 1.807) is 12.3 Å². The topological polar surface area (TPSA) is 50.2 Å². The van der Waals surface area contributed by atoms with Gasteiger partial charge < -0.3 is 10.1 Å². The molecule has 1 radical (unpaired) electrons. The van der Waals surface area contributed by atoms with Gasteiger partial charge in [-0.05, 0) is 45.4 Å². The Hall–Kier alpha value is -3.02. The van der Waals surface area contributed by atoms with Crippen molar-refractivity contribution in [3.63, 3.8) is 0 Å². The fourth-order valence-electron chi connectivity index (χ4n) is 3.96. The molecule has 7 heteroatoms. The summed E-state index contributed by atoms with van der Waals surface area (Å²) in [5.74, 6) is 0.104.